The van der Waals surface area contributed by atoms with Crippen LogP contribution in [0.1, 0.15) is 20.7 Å². The van der Waals surface area contributed by atoms with Crippen LogP contribution in [-0.2, 0) is 19.5 Å². The maximum Gasteiger partial charge on any atom is 0.340 e. The van der Waals surface area contributed by atoms with Gasteiger partial charge in [0.15, 0.2) is 6.61 Å². The summed E-state index contributed by atoms with van der Waals surface area (Å²) in [6, 6.07) is 6.78. The zero-order valence-corrected chi connectivity index (χ0v) is 20.1. The third kappa shape index (κ3) is 5.59. The summed E-state index contributed by atoms with van der Waals surface area (Å²) in [5.74, 6) is -0.772. The predicted molar refractivity (Wildman–Crippen MR) is 120 cm³/mol. The van der Waals surface area contributed by atoms with Gasteiger partial charge >= 0.3 is 5.97 Å². The monoisotopic (exact) mass is 517 g/mol. The Bertz CT molecular complexity index is 1160. The van der Waals surface area contributed by atoms with Gasteiger partial charge in [-0.1, -0.05) is 23.2 Å². The number of carbonyl (C=O) groups excluding carboxylic acids is 2. The molecule has 33 heavy (non-hydrogen) atoms. The van der Waals surface area contributed by atoms with Gasteiger partial charge in [-0.15, -0.1) is 0 Å². The molecule has 1 heterocycles. The van der Waals surface area contributed by atoms with Crippen molar-refractivity contribution in [2.24, 2.45) is 0 Å². The molecule has 2 aromatic carbocycles. The number of ketones is 1. The van der Waals surface area contributed by atoms with Crippen LogP contribution in [0.2, 0.25) is 10.0 Å². The van der Waals surface area contributed by atoms with Crippen molar-refractivity contribution in [3.8, 4) is 11.5 Å². The number of halogens is 2. The van der Waals surface area contributed by atoms with Crippen LogP contribution >= 0.6 is 23.2 Å². The number of carbonyl (C=O) groups is 2. The molecule has 0 aliphatic carbocycles. The molecule has 3 rings (SSSR count). The summed E-state index contributed by atoms with van der Waals surface area (Å²) < 4.78 is 47.7. The predicted octanol–water partition coefficient (Wildman–Crippen LogP) is 3.07. The van der Waals surface area contributed by atoms with Crippen molar-refractivity contribution in [3.05, 3.63) is 51.5 Å². The molecule has 1 fully saturated rings. The summed E-state index contributed by atoms with van der Waals surface area (Å²) in [6.45, 7) is 0.178. The quantitative estimate of drug-likeness (QED) is 0.388. The third-order valence-electron chi connectivity index (χ3n) is 4.87. The number of benzene rings is 2. The van der Waals surface area contributed by atoms with Crippen LogP contribution in [0.5, 0.6) is 11.5 Å². The smallest absolute Gasteiger partial charge is 0.340 e. The summed E-state index contributed by atoms with van der Waals surface area (Å²) in [4.78, 5) is 24.9. The number of methoxy groups -OCH3 is 2. The second-order valence-corrected chi connectivity index (χ2v) is 9.57. The van der Waals surface area contributed by atoms with Gasteiger partial charge in [0, 0.05) is 19.2 Å². The number of morpholine rings is 1. The Hall–Kier alpha value is -2.37. The minimum atomic E-state index is -4.00. The lowest BCUT2D eigenvalue weighted by molar-refractivity contribution is 0.0473. The lowest BCUT2D eigenvalue weighted by atomic mass is 10.1. The van der Waals surface area contributed by atoms with Crippen molar-refractivity contribution in [1.29, 1.82) is 0 Å². The van der Waals surface area contributed by atoms with Crippen LogP contribution in [0, 0.1) is 0 Å². The van der Waals surface area contributed by atoms with Gasteiger partial charge in [0.25, 0.3) is 0 Å². The molecule has 0 atom stereocenters. The fourth-order valence-electron chi connectivity index (χ4n) is 3.12. The van der Waals surface area contributed by atoms with Crippen molar-refractivity contribution < 1.29 is 37.0 Å². The Kier molecular flexibility index (Phi) is 8.19. The molecule has 0 unspecified atom stereocenters. The van der Waals surface area contributed by atoms with E-state index in [-0.39, 0.29) is 58.1 Å². The highest BCUT2D eigenvalue weighted by Gasteiger charge is 2.30. The summed E-state index contributed by atoms with van der Waals surface area (Å²) in [7, 11) is -1.13. The molecule has 0 saturated carbocycles. The number of hydrogen-bond acceptors (Lipinski definition) is 8. The molecular weight excluding hydrogens is 497 g/mol. The van der Waals surface area contributed by atoms with Crippen LogP contribution < -0.4 is 9.47 Å². The summed E-state index contributed by atoms with van der Waals surface area (Å²) in [5.41, 5.74) is -0.0497. The lowest BCUT2D eigenvalue weighted by Gasteiger charge is -2.26. The number of rotatable bonds is 8. The first kappa shape index (κ1) is 25.3. The molecule has 1 saturated heterocycles. The Morgan fingerprint density at radius 1 is 1.00 bits per heavy atom. The first-order valence-electron chi connectivity index (χ1n) is 9.68. The average Bonchev–Trinajstić information content (AvgIpc) is 2.82. The number of hydrogen-bond donors (Lipinski definition) is 0. The van der Waals surface area contributed by atoms with Crippen molar-refractivity contribution in [2.75, 3.05) is 47.1 Å². The van der Waals surface area contributed by atoms with E-state index in [1.165, 1.54) is 30.7 Å². The number of ether oxygens (including phenoxy) is 4. The SMILES string of the molecule is COc1ccc(C(=O)COC(=O)c2cc(S(=O)(=O)N3CCOCC3)c(Cl)cc2Cl)c(OC)c1. The molecular formula is C21H21Cl2NO8S. The zero-order chi connectivity index (χ0) is 24.2. The van der Waals surface area contributed by atoms with Crippen LogP contribution in [0.25, 0.3) is 0 Å². The van der Waals surface area contributed by atoms with Gasteiger partial charge in [0.05, 0.1) is 48.6 Å². The fraction of sp³-hybridized carbons (Fsp3) is 0.333. The zero-order valence-electron chi connectivity index (χ0n) is 17.8. The Labute approximate surface area is 201 Å². The van der Waals surface area contributed by atoms with Gasteiger partial charge in [-0.2, -0.15) is 4.31 Å². The second-order valence-electron chi connectivity index (χ2n) is 6.84. The van der Waals surface area contributed by atoms with E-state index in [1.54, 1.807) is 6.07 Å². The Morgan fingerprint density at radius 3 is 2.33 bits per heavy atom. The molecule has 0 N–H and O–H groups in total. The number of nitrogens with zero attached hydrogens (tertiary/aromatic N) is 1. The van der Waals surface area contributed by atoms with Crippen molar-refractivity contribution in [1.82, 2.24) is 4.31 Å². The van der Waals surface area contributed by atoms with Crippen molar-refractivity contribution in [2.45, 2.75) is 4.90 Å². The van der Waals surface area contributed by atoms with E-state index >= 15 is 0 Å². The molecule has 12 heteroatoms. The highest BCUT2D eigenvalue weighted by atomic mass is 35.5. The van der Waals surface area contributed by atoms with Gasteiger partial charge in [-0.05, 0) is 24.3 Å². The minimum absolute atomic E-state index is 0.111. The van der Waals surface area contributed by atoms with E-state index in [2.05, 4.69) is 0 Å². The Balaban J connectivity index is 1.80. The molecule has 0 aromatic heterocycles. The van der Waals surface area contributed by atoms with E-state index in [4.69, 9.17) is 42.1 Å². The molecule has 178 valence electrons. The molecule has 1 aliphatic rings. The Morgan fingerprint density at radius 2 is 1.70 bits per heavy atom. The second kappa shape index (κ2) is 10.7. The first-order valence-corrected chi connectivity index (χ1v) is 11.9. The van der Waals surface area contributed by atoms with Gasteiger partial charge in [-0.3, -0.25) is 4.79 Å². The van der Waals surface area contributed by atoms with E-state index in [1.807, 2.05) is 0 Å². The molecule has 2 aromatic rings. The molecule has 0 radical (unpaired) electrons. The van der Waals surface area contributed by atoms with Gasteiger partial charge in [-0.25, -0.2) is 13.2 Å². The topological polar surface area (TPSA) is 108 Å². The summed E-state index contributed by atoms with van der Waals surface area (Å²) in [5, 5.41) is -0.248. The number of sulfonamides is 1. The molecule has 1 aliphatic heterocycles. The normalized spacial score (nSPS) is 14.5. The molecule has 9 nitrogen and oxygen atoms in total. The third-order valence-corrected chi connectivity index (χ3v) is 7.55. The maximum absolute atomic E-state index is 13.0. The van der Waals surface area contributed by atoms with Crippen LogP contribution in [-0.4, -0.2) is 71.6 Å². The average molecular weight is 518 g/mol. The van der Waals surface area contributed by atoms with E-state index in [0.29, 0.717) is 5.75 Å². The van der Waals surface area contributed by atoms with Crippen LogP contribution in [0.15, 0.2) is 35.2 Å². The lowest BCUT2D eigenvalue weighted by Crippen LogP contribution is -2.40. The van der Waals surface area contributed by atoms with Gasteiger partial charge in [0.2, 0.25) is 15.8 Å². The highest BCUT2D eigenvalue weighted by Crippen LogP contribution is 2.32. The van der Waals surface area contributed by atoms with Crippen molar-refractivity contribution in [3.63, 3.8) is 0 Å². The summed E-state index contributed by atoms with van der Waals surface area (Å²) >= 11 is 12.2. The highest BCUT2D eigenvalue weighted by molar-refractivity contribution is 7.89. The minimum Gasteiger partial charge on any atom is -0.497 e. The van der Waals surface area contributed by atoms with Gasteiger partial charge < -0.3 is 18.9 Å². The fourth-order valence-corrected chi connectivity index (χ4v) is 5.36. The molecule has 0 bridgehead atoms. The number of esters is 1. The first-order chi connectivity index (χ1) is 15.7. The van der Waals surface area contributed by atoms with E-state index < -0.39 is 28.4 Å². The van der Waals surface area contributed by atoms with E-state index in [0.717, 1.165) is 12.1 Å². The standard InChI is InChI=1S/C21H21Cl2NO8S/c1-29-13-3-4-14(19(9-13)30-2)18(25)12-32-21(26)15-10-20(17(23)11-16(15)22)33(27,28)24-5-7-31-8-6-24/h3-4,9-11H,5-8,12H2,1-2H3. The maximum atomic E-state index is 13.0. The number of Topliss-reactive ketones (excluding diaryl/α,β-unsaturated/α-hetero) is 1. The van der Waals surface area contributed by atoms with Crippen LogP contribution in [0.3, 0.4) is 0 Å². The van der Waals surface area contributed by atoms with Gasteiger partial charge in [0.1, 0.15) is 16.4 Å². The summed E-state index contributed by atoms with van der Waals surface area (Å²) in [6.07, 6.45) is 0. The largest absolute Gasteiger partial charge is 0.497 e. The van der Waals surface area contributed by atoms with Crippen molar-refractivity contribution >= 4 is 45.0 Å². The van der Waals surface area contributed by atoms with Crippen LogP contribution in [0.4, 0.5) is 0 Å². The molecule has 0 spiro atoms. The van der Waals surface area contributed by atoms with E-state index in [9.17, 15) is 18.0 Å². The molecule has 0 amide bonds.